The monoisotopic (exact) mass is 485 g/mol. The molecule has 0 unspecified atom stereocenters. The summed E-state index contributed by atoms with van der Waals surface area (Å²) in [7, 11) is 3.25. The minimum absolute atomic E-state index is 0.118. The molecule has 36 heavy (non-hydrogen) atoms. The second-order valence-corrected chi connectivity index (χ2v) is 8.84. The van der Waals surface area contributed by atoms with Gasteiger partial charge in [-0.05, 0) is 46.9 Å². The molecule has 7 heteroatoms. The van der Waals surface area contributed by atoms with Gasteiger partial charge in [-0.1, -0.05) is 67.5 Å². The van der Waals surface area contributed by atoms with Crippen molar-refractivity contribution in [3.05, 3.63) is 95.4 Å². The largest absolute Gasteiger partial charge is 0.497 e. The van der Waals surface area contributed by atoms with Gasteiger partial charge in [0.1, 0.15) is 11.5 Å². The molecule has 0 aliphatic heterocycles. The molecular formula is C29H31N3O4. The van der Waals surface area contributed by atoms with Crippen molar-refractivity contribution >= 4 is 5.91 Å². The molecule has 0 radical (unpaired) electrons. The topological polar surface area (TPSA) is 86.5 Å². The number of rotatable bonds is 10. The number of amides is 1. The van der Waals surface area contributed by atoms with Crippen molar-refractivity contribution < 1.29 is 18.8 Å². The highest BCUT2D eigenvalue weighted by molar-refractivity contribution is 5.77. The molecule has 0 aliphatic rings. The highest BCUT2D eigenvalue weighted by Gasteiger charge is 2.18. The van der Waals surface area contributed by atoms with Crippen LogP contribution in [0.5, 0.6) is 11.5 Å². The molecule has 7 nitrogen and oxygen atoms in total. The molecule has 3 aromatic carbocycles. The van der Waals surface area contributed by atoms with E-state index in [0.29, 0.717) is 24.1 Å². The molecule has 186 valence electrons. The molecule has 1 amide bonds. The molecule has 0 fully saturated rings. The van der Waals surface area contributed by atoms with Crippen LogP contribution in [-0.4, -0.2) is 30.3 Å². The van der Waals surface area contributed by atoms with E-state index < -0.39 is 0 Å². The average molecular weight is 486 g/mol. The molecule has 0 bridgehead atoms. The number of aromatic nitrogens is 2. The van der Waals surface area contributed by atoms with Gasteiger partial charge in [-0.2, -0.15) is 4.98 Å². The second-order valence-electron chi connectivity index (χ2n) is 8.84. The summed E-state index contributed by atoms with van der Waals surface area (Å²) in [4.78, 5) is 17.4. The van der Waals surface area contributed by atoms with E-state index in [0.717, 1.165) is 28.2 Å². The molecule has 4 rings (SSSR count). The number of methoxy groups -OCH3 is 2. The lowest BCUT2D eigenvalue weighted by atomic mass is 9.98. The van der Waals surface area contributed by atoms with Crippen LogP contribution >= 0.6 is 0 Å². The fourth-order valence-corrected chi connectivity index (χ4v) is 3.90. The van der Waals surface area contributed by atoms with Crippen LogP contribution in [0.4, 0.5) is 0 Å². The predicted octanol–water partition coefficient (Wildman–Crippen LogP) is 5.72. The van der Waals surface area contributed by atoms with Crippen LogP contribution in [0.1, 0.15) is 54.8 Å². The van der Waals surface area contributed by atoms with Crippen molar-refractivity contribution in [3.8, 4) is 22.9 Å². The highest BCUT2D eigenvalue weighted by atomic mass is 16.5. The minimum atomic E-state index is -0.327. The van der Waals surface area contributed by atoms with Crippen molar-refractivity contribution in [2.24, 2.45) is 0 Å². The van der Waals surface area contributed by atoms with Crippen molar-refractivity contribution in [1.29, 1.82) is 0 Å². The first-order valence-corrected chi connectivity index (χ1v) is 12.0. The number of ether oxygens (including phenoxy) is 2. The predicted molar refractivity (Wildman–Crippen MR) is 138 cm³/mol. The van der Waals surface area contributed by atoms with Gasteiger partial charge in [-0.3, -0.25) is 4.79 Å². The average Bonchev–Trinajstić information content (AvgIpc) is 3.40. The Morgan fingerprint density at radius 2 is 1.36 bits per heavy atom. The van der Waals surface area contributed by atoms with Gasteiger partial charge in [0.15, 0.2) is 0 Å². The number of benzene rings is 3. The molecule has 0 saturated carbocycles. The van der Waals surface area contributed by atoms with Crippen LogP contribution in [0.15, 0.2) is 77.3 Å². The number of aryl methyl sites for hydroxylation is 1. The molecule has 0 spiro atoms. The lowest BCUT2D eigenvalue weighted by Gasteiger charge is -2.20. The molecule has 1 aromatic heterocycles. The zero-order valence-electron chi connectivity index (χ0n) is 21.0. The number of hydrogen-bond acceptors (Lipinski definition) is 6. The SMILES string of the molecule is COc1ccc(C(NC(=O)CCc2nc(-c3ccc(C(C)C)cc3)no2)c2ccc(OC)cc2)cc1. The standard InChI is InChI=1S/C29H31N3O4/c1-19(2)20-5-7-23(8-6-20)29-31-27(36-32-29)18-17-26(33)30-28(21-9-13-24(34-3)14-10-21)22-11-15-25(35-4)16-12-22/h5-16,19,28H,17-18H2,1-4H3,(H,30,33). The lowest BCUT2D eigenvalue weighted by molar-refractivity contribution is -0.121. The van der Waals surface area contributed by atoms with E-state index >= 15 is 0 Å². The van der Waals surface area contributed by atoms with E-state index in [1.807, 2.05) is 60.7 Å². The number of hydrogen-bond donors (Lipinski definition) is 1. The first-order valence-electron chi connectivity index (χ1n) is 12.0. The smallest absolute Gasteiger partial charge is 0.227 e. The molecule has 1 N–H and O–H groups in total. The van der Waals surface area contributed by atoms with E-state index in [4.69, 9.17) is 14.0 Å². The zero-order valence-corrected chi connectivity index (χ0v) is 21.0. The summed E-state index contributed by atoms with van der Waals surface area (Å²) in [6.07, 6.45) is 0.567. The van der Waals surface area contributed by atoms with E-state index in [1.54, 1.807) is 14.2 Å². The van der Waals surface area contributed by atoms with Crippen LogP contribution in [0.25, 0.3) is 11.4 Å². The summed E-state index contributed by atoms with van der Waals surface area (Å²) in [5, 5.41) is 7.23. The van der Waals surface area contributed by atoms with Crippen molar-refractivity contribution in [3.63, 3.8) is 0 Å². The Hall–Kier alpha value is -4.13. The summed E-state index contributed by atoms with van der Waals surface area (Å²) >= 11 is 0. The minimum Gasteiger partial charge on any atom is -0.497 e. The van der Waals surface area contributed by atoms with E-state index in [1.165, 1.54) is 5.56 Å². The van der Waals surface area contributed by atoms with Gasteiger partial charge in [0.2, 0.25) is 17.6 Å². The Bertz CT molecular complexity index is 1220. The Balaban J connectivity index is 1.43. The number of carbonyl (C=O) groups excluding carboxylic acids is 1. The number of nitrogens with zero attached hydrogens (tertiary/aromatic N) is 2. The quantitative estimate of drug-likeness (QED) is 0.309. The molecule has 0 atom stereocenters. The summed E-state index contributed by atoms with van der Waals surface area (Å²) in [5.74, 6) is 2.80. The van der Waals surface area contributed by atoms with Crippen LogP contribution in [0.3, 0.4) is 0 Å². The third-order valence-electron chi connectivity index (χ3n) is 6.07. The van der Waals surface area contributed by atoms with Gasteiger partial charge in [0, 0.05) is 18.4 Å². The van der Waals surface area contributed by atoms with E-state index in [2.05, 4.69) is 41.4 Å². The maximum absolute atomic E-state index is 12.9. The fourth-order valence-electron chi connectivity index (χ4n) is 3.90. The molecular weight excluding hydrogens is 454 g/mol. The van der Waals surface area contributed by atoms with E-state index in [-0.39, 0.29) is 18.4 Å². The second kappa shape index (κ2) is 11.5. The molecule has 4 aromatic rings. The molecule has 0 aliphatic carbocycles. The zero-order chi connectivity index (χ0) is 25.5. The Morgan fingerprint density at radius 1 is 0.833 bits per heavy atom. The van der Waals surface area contributed by atoms with Gasteiger partial charge < -0.3 is 19.3 Å². The third-order valence-corrected chi connectivity index (χ3v) is 6.07. The first-order chi connectivity index (χ1) is 17.5. The van der Waals surface area contributed by atoms with Crippen LogP contribution in [0, 0.1) is 0 Å². The normalized spacial score (nSPS) is 11.1. The molecule has 1 heterocycles. The maximum atomic E-state index is 12.9. The summed E-state index contributed by atoms with van der Waals surface area (Å²) in [6.45, 7) is 4.31. The fraction of sp³-hybridized carbons (Fsp3) is 0.276. The lowest BCUT2D eigenvalue weighted by Crippen LogP contribution is -2.29. The maximum Gasteiger partial charge on any atom is 0.227 e. The van der Waals surface area contributed by atoms with Gasteiger partial charge in [-0.15, -0.1) is 0 Å². The van der Waals surface area contributed by atoms with Gasteiger partial charge in [0.05, 0.1) is 20.3 Å². The van der Waals surface area contributed by atoms with Crippen molar-refractivity contribution in [2.45, 2.75) is 38.6 Å². The van der Waals surface area contributed by atoms with Crippen molar-refractivity contribution in [2.75, 3.05) is 14.2 Å². The van der Waals surface area contributed by atoms with Gasteiger partial charge in [-0.25, -0.2) is 0 Å². The highest BCUT2D eigenvalue weighted by Crippen LogP contribution is 2.26. The van der Waals surface area contributed by atoms with Crippen LogP contribution in [0.2, 0.25) is 0 Å². The summed E-state index contributed by atoms with van der Waals surface area (Å²) in [6, 6.07) is 23.1. The molecule has 0 saturated heterocycles. The van der Waals surface area contributed by atoms with Gasteiger partial charge in [0.25, 0.3) is 0 Å². The Kier molecular flexibility index (Phi) is 8.00. The number of carbonyl (C=O) groups is 1. The van der Waals surface area contributed by atoms with Crippen LogP contribution in [-0.2, 0) is 11.2 Å². The first kappa shape index (κ1) is 25.0. The Morgan fingerprint density at radius 3 is 1.86 bits per heavy atom. The summed E-state index contributed by atoms with van der Waals surface area (Å²) in [5.41, 5.74) is 4.03. The summed E-state index contributed by atoms with van der Waals surface area (Å²) < 4.78 is 16.0. The Labute approximate surface area is 211 Å². The van der Waals surface area contributed by atoms with Crippen molar-refractivity contribution in [1.82, 2.24) is 15.5 Å². The van der Waals surface area contributed by atoms with Gasteiger partial charge >= 0.3 is 0 Å². The third kappa shape index (κ3) is 6.10. The number of nitrogens with one attached hydrogen (secondary N) is 1. The van der Waals surface area contributed by atoms with Crippen LogP contribution < -0.4 is 14.8 Å². The van der Waals surface area contributed by atoms with E-state index in [9.17, 15) is 4.79 Å².